The Balaban J connectivity index is 1.95. The zero-order valence-electron chi connectivity index (χ0n) is 14.3. The van der Waals surface area contributed by atoms with E-state index < -0.39 is 5.60 Å². The van der Waals surface area contributed by atoms with E-state index in [1.54, 1.807) is 6.20 Å². The monoisotopic (exact) mass is 317 g/mol. The molecule has 0 aliphatic heterocycles. The lowest BCUT2D eigenvalue weighted by Gasteiger charge is -2.20. The predicted octanol–water partition coefficient (Wildman–Crippen LogP) is 3.20. The van der Waals surface area contributed by atoms with Gasteiger partial charge in [-0.25, -0.2) is 0 Å². The first-order valence-corrected chi connectivity index (χ1v) is 7.69. The quantitative estimate of drug-likeness (QED) is 0.788. The lowest BCUT2D eigenvalue weighted by molar-refractivity contribution is -0.155. The number of pyridine rings is 1. The van der Waals surface area contributed by atoms with Gasteiger partial charge >= 0.3 is 5.97 Å². The predicted molar refractivity (Wildman–Crippen MR) is 85.0 cm³/mol. The van der Waals surface area contributed by atoms with Crippen LogP contribution in [0, 0.1) is 6.92 Å². The van der Waals surface area contributed by atoms with Crippen LogP contribution >= 0.6 is 0 Å². The van der Waals surface area contributed by atoms with Crippen LogP contribution in [0.3, 0.4) is 0 Å². The molecular weight excluding hydrogens is 294 g/mol. The highest BCUT2D eigenvalue weighted by Gasteiger charge is 2.22. The van der Waals surface area contributed by atoms with Crippen molar-refractivity contribution in [1.82, 2.24) is 15.1 Å². The molecule has 2 rings (SSSR count). The summed E-state index contributed by atoms with van der Waals surface area (Å²) in [6.07, 6.45) is 2.55. The summed E-state index contributed by atoms with van der Waals surface area (Å²) in [5.74, 6) is 0.616. The zero-order chi connectivity index (χ0) is 17.0. The van der Waals surface area contributed by atoms with Crippen molar-refractivity contribution < 1.29 is 14.1 Å². The molecule has 0 spiro atoms. The molecule has 0 aromatic carbocycles. The minimum absolute atomic E-state index is 0.154. The van der Waals surface area contributed by atoms with E-state index in [4.69, 9.17) is 9.26 Å². The summed E-state index contributed by atoms with van der Waals surface area (Å²) in [7, 11) is 0. The molecule has 0 N–H and O–H groups in total. The Labute approximate surface area is 136 Å². The Kier molecular flexibility index (Phi) is 5.13. The third-order valence-corrected chi connectivity index (χ3v) is 3.15. The maximum absolute atomic E-state index is 11.9. The molecule has 2 aromatic heterocycles. The van der Waals surface area contributed by atoms with Crippen LogP contribution < -0.4 is 0 Å². The Bertz CT molecular complexity index is 656. The number of carbonyl (C=O) groups excluding carboxylic acids is 1. The first kappa shape index (κ1) is 17.1. The number of nitrogens with zero attached hydrogens (tertiary/aromatic N) is 3. The molecule has 0 aliphatic rings. The van der Waals surface area contributed by atoms with E-state index in [0.717, 1.165) is 11.3 Å². The summed E-state index contributed by atoms with van der Waals surface area (Å²) in [6, 6.07) is 3.92. The highest BCUT2D eigenvalue weighted by atomic mass is 16.6. The summed E-state index contributed by atoms with van der Waals surface area (Å²) in [6.45, 7) is 9.35. The molecular formula is C17H23N3O3. The minimum Gasteiger partial charge on any atom is -0.460 e. The standard InChI is InChI=1S/C17H23N3O3/c1-11(8-15(21)22-17(3,4)5)16-19-14(23-20-16)9-13-7-6-12(2)18-10-13/h6-7,10-11H,8-9H2,1-5H3. The van der Waals surface area contributed by atoms with E-state index in [0.29, 0.717) is 18.1 Å². The van der Waals surface area contributed by atoms with Crippen LogP contribution in [-0.2, 0) is 16.0 Å². The third-order valence-electron chi connectivity index (χ3n) is 3.15. The Morgan fingerprint density at radius 3 is 2.70 bits per heavy atom. The molecule has 0 radical (unpaired) electrons. The second-order valence-corrected chi connectivity index (χ2v) is 6.72. The molecule has 23 heavy (non-hydrogen) atoms. The molecule has 0 saturated heterocycles. The van der Waals surface area contributed by atoms with Gasteiger partial charge in [-0.2, -0.15) is 4.98 Å². The van der Waals surface area contributed by atoms with E-state index in [2.05, 4.69) is 15.1 Å². The van der Waals surface area contributed by atoms with Crippen LogP contribution in [0.15, 0.2) is 22.9 Å². The highest BCUT2D eigenvalue weighted by Crippen LogP contribution is 2.19. The lowest BCUT2D eigenvalue weighted by atomic mass is 10.1. The van der Waals surface area contributed by atoms with Gasteiger partial charge in [0.1, 0.15) is 5.60 Å². The summed E-state index contributed by atoms with van der Waals surface area (Å²) in [5, 5.41) is 3.97. The number of aryl methyl sites for hydroxylation is 1. The number of hydrogen-bond acceptors (Lipinski definition) is 6. The largest absolute Gasteiger partial charge is 0.460 e. The molecule has 6 heteroatoms. The molecule has 6 nitrogen and oxygen atoms in total. The van der Waals surface area contributed by atoms with Crippen molar-refractivity contribution in [3.05, 3.63) is 41.3 Å². The number of esters is 1. The van der Waals surface area contributed by atoms with Crippen LogP contribution in [0.1, 0.15) is 63.0 Å². The molecule has 124 valence electrons. The summed E-state index contributed by atoms with van der Waals surface area (Å²) < 4.78 is 10.6. The topological polar surface area (TPSA) is 78.1 Å². The van der Waals surface area contributed by atoms with Crippen LogP contribution in [0.5, 0.6) is 0 Å². The normalized spacial score (nSPS) is 12.9. The van der Waals surface area contributed by atoms with Crippen molar-refractivity contribution in [2.45, 2.75) is 59.0 Å². The Morgan fingerprint density at radius 1 is 1.35 bits per heavy atom. The fourth-order valence-corrected chi connectivity index (χ4v) is 2.04. The van der Waals surface area contributed by atoms with Gasteiger partial charge in [0.2, 0.25) is 5.89 Å². The van der Waals surface area contributed by atoms with Crippen LogP contribution in [0.25, 0.3) is 0 Å². The van der Waals surface area contributed by atoms with Gasteiger partial charge in [-0.15, -0.1) is 0 Å². The molecule has 1 atom stereocenters. The van der Waals surface area contributed by atoms with Crippen molar-refractivity contribution in [2.24, 2.45) is 0 Å². The second-order valence-electron chi connectivity index (χ2n) is 6.72. The van der Waals surface area contributed by atoms with Crippen molar-refractivity contribution >= 4 is 5.97 Å². The average molecular weight is 317 g/mol. The van der Waals surface area contributed by atoms with Gasteiger partial charge < -0.3 is 9.26 Å². The van der Waals surface area contributed by atoms with E-state index in [1.165, 1.54) is 0 Å². The smallest absolute Gasteiger partial charge is 0.307 e. The molecule has 2 aromatic rings. The maximum Gasteiger partial charge on any atom is 0.307 e. The van der Waals surface area contributed by atoms with Crippen molar-refractivity contribution in [2.75, 3.05) is 0 Å². The zero-order valence-corrected chi connectivity index (χ0v) is 14.3. The van der Waals surface area contributed by atoms with E-state index in [9.17, 15) is 4.79 Å². The van der Waals surface area contributed by atoms with Gasteiger partial charge in [-0.1, -0.05) is 18.1 Å². The van der Waals surface area contributed by atoms with Gasteiger partial charge in [0, 0.05) is 17.8 Å². The first-order valence-electron chi connectivity index (χ1n) is 7.69. The SMILES string of the molecule is Cc1ccc(Cc2nc(C(C)CC(=O)OC(C)(C)C)no2)cn1. The van der Waals surface area contributed by atoms with Gasteiger partial charge in [0.05, 0.1) is 12.8 Å². The van der Waals surface area contributed by atoms with Crippen molar-refractivity contribution in [3.8, 4) is 0 Å². The molecule has 0 fully saturated rings. The van der Waals surface area contributed by atoms with Crippen molar-refractivity contribution in [1.29, 1.82) is 0 Å². The summed E-state index contributed by atoms with van der Waals surface area (Å²) in [4.78, 5) is 20.5. The number of rotatable bonds is 5. The first-order chi connectivity index (χ1) is 10.7. The van der Waals surface area contributed by atoms with Gasteiger partial charge in [-0.3, -0.25) is 9.78 Å². The van der Waals surface area contributed by atoms with Crippen LogP contribution in [0.2, 0.25) is 0 Å². The van der Waals surface area contributed by atoms with Crippen LogP contribution in [-0.4, -0.2) is 26.7 Å². The van der Waals surface area contributed by atoms with E-state index in [-0.39, 0.29) is 18.3 Å². The Morgan fingerprint density at radius 2 is 2.09 bits per heavy atom. The number of hydrogen-bond donors (Lipinski definition) is 0. The highest BCUT2D eigenvalue weighted by molar-refractivity contribution is 5.70. The fourth-order valence-electron chi connectivity index (χ4n) is 2.04. The Hall–Kier alpha value is -2.24. The third kappa shape index (κ3) is 5.47. The number of ether oxygens (including phenoxy) is 1. The van der Waals surface area contributed by atoms with Crippen LogP contribution in [0.4, 0.5) is 0 Å². The van der Waals surface area contributed by atoms with E-state index >= 15 is 0 Å². The molecule has 0 bridgehead atoms. The number of carbonyl (C=O) groups is 1. The van der Waals surface area contributed by atoms with Gasteiger partial charge in [0.25, 0.3) is 0 Å². The molecule has 0 aliphatic carbocycles. The molecule has 0 saturated carbocycles. The molecule has 2 heterocycles. The van der Waals surface area contributed by atoms with Gasteiger partial charge in [-0.05, 0) is 39.3 Å². The second kappa shape index (κ2) is 6.89. The fraction of sp³-hybridized carbons (Fsp3) is 0.529. The van der Waals surface area contributed by atoms with Gasteiger partial charge in [0.15, 0.2) is 5.82 Å². The van der Waals surface area contributed by atoms with E-state index in [1.807, 2.05) is 46.8 Å². The number of aromatic nitrogens is 3. The average Bonchev–Trinajstić information content (AvgIpc) is 2.88. The van der Waals surface area contributed by atoms with Crippen molar-refractivity contribution in [3.63, 3.8) is 0 Å². The minimum atomic E-state index is -0.488. The summed E-state index contributed by atoms with van der Waals surface area (Å²) >= 11 is 0. The summed E-state index contributed by atoms with van der Waals surface area (Å²) in [5.41, 5.74) is 1.48. The maximum atomic E-state index is 11.9. The molecule has 1 unspecified atom stereocenters. The molecule has 0 amide bonds. The lowest BCUT2D eigenvalue weighted by Crippen LogP contribution is -2.24.